The Morgan fingerprint density at radius 1 is 1.15 bits per heavy atom. The summed E-state index contributed by atoms with van der Waals surface area (Å²) in [5, 5.41) is 25.7. The molecule has 136 valence electrons. The number of para-hydroxylation sites is 1. The van der Waals surface area contributed by atoms with Crippen LogP contribution in [0.2, 0.25) is 0 Å². The van der Waals surface area contributed by atoms with Crippen LogP contribution < -0.4 is 10.2 Å². The molecule has 0 radical (unpaired) electrons. The number of anilines is 1. The maximum Gasteiger partial charge on any atom is 0.387 e. The molecule has 0 unspecified atom stereocenters. The first-order chi connectivity index (χ1) is 12.3. The number of ether oxygens (including phenoxy) is 1. The molecule has 11 heteroatoms. The number of rotatable bonds is 7. The largest absolute Gasteiger partial charge is 0.434 e. The minimum absolute atomic E-state index is 0.0905. The molecule has 1 N–H and O–H groups in total. The fraction of sp³-hybridized carbons (Fsp3) is 0.133. The number of nitro benzene ring substituents is 2. The predicted octanol–water partition coefficient (Wildman–Crippen LogP) is 3.94. The lowest BCUT2D eigenvalue weighted by Gasteiger charge is -2.10. The van der Waals surface area contributed by atoms with Crippen molar-refractivity contribution in [1.29, 1.82) is 0 Å². The summed E-state index contributed by atoms with van der Waals surface area (Å²) in [6.07, 6.45) is 0. The number of hydrogen-bond donors (Lipinski definition) is 1. The average Bonchev–Trinajstić information content (AvgIpc) is 2.59. The molecular weight excluding hydrogens is 354 g/mol. The van der Waals surface area contributed by atoms with Crippen LogP contribution in [0.15, 0.2) is 47.6 Å². The molecule has 0 heterocycles. The van der Waals surface area contributed by atoms with E-state index < -0.39 is 27.8 Å². The Labute approximate surface area is 145 Å². The summed E-state index contributed by atoms with van der Waals surface area (Å²) in [5.41, 5.74) is 1.81. The van der Waals surface area contributed by atoms with Gasteiger partial charge in [0.2, 0.25) is 0 Å². The number of hydrazone groups is 1. The molecule has 0 aliphatic rings. The zero-order valence-electron chi connectivity index (χ0n) is 13.3. The minimum Gasteiger partial charge on any atom is -0.434 e. The van der Waals surface area contributed by atoms with Crippen molar-refractivity contribution >= 4 is 22.8 Å². The maximum absolute atomic E-state index is 12.5. The Bertz CT molecular complexity index is 873. The summed E-state index contributed by atoms with van der Waals surface area (Å²) in [7, 11) is 0. The Kier molecular flexibility index (Phi) is 5.73. The van der Waals surface area contributed by atoms with E-state index >= 15 is 0 Å². The van der Waals surface area contributed by atoms with Crippen molar-refractivity contribution in [2.45, 2.75) is 13.5 Å². The van der Waals surface area contributed by atoms with Gasteiger partial charge in [-0.1, -0.05) is 12.1 Å². The molecular formula is C15H12F2N4O5. The molecule has 0 fully saturated rings. The zero-order chi connectivity index (χ0) is 19.3. The minimum atomic E-state index is -3.02. The molecule has 0 atom stereocenters. The van der Waals surface area contributed by atoms with Crippen molar-refractivity contribution < 1.29 is 23.4 Å². The van der Waals surface area contributed by atoms with Crippen LogP contribution in [-0.4, -0.2) is 22.2 Å². The number of halogens is 2. The molecule has 0 amide bonds. The van der Waals surface area contributed by atoms with Gasteiger partial charge in [-0.3, -0.25) is 25.7 Å². The van der Waals surface area contributed by atoms with E-state index in [4.69, 9.17) is 0 Å². The smallest absolute Gasteiger partial charge is 0.387 e. The summed E-state index contributed by atoms with van der Waals surface area (Å²) < 4.78 is 29.3. The monoisotopic (exact) mass is 366 g/mol. The van der Waals surface area contributed by atoms with Gasteiger partial charge in [0.1, 0.15) is 11.4 Å². The van der Waals surface area contributed by atoms with Crippen molar-refractivity contribution in [2.24, 2.45) is 5.10 Å². The van der Waals surface area contributed by atoms with Gasteiger partial charge >= 0.3 is 12.3 Å². The van der Waals surface area contributed by atoms with Crippen molar-refractivity contribution in [3.63, 3.8) is 0 Å². The fourth-order valence-electron chi connectivity index (χ4n) is 2.05. The van der Waals surface area contributed by atoms with Gasteiger partial charge in [-0.25, -0.2) is 0 Å². The third kappa shape index (κ3) is 4.47. The Balaban J connectivity index is 2.32. The first-order valence-corrected chi connectivity index (χ1v) is 7.07. The number of benzene rings is 2. The lowest BCUT2D eigenvalue weighted by atomic mass is 10.1. The van der Waals surface area contributed by atoms with Crippen LogP contribution in [0.1, 0.15) is 12.5 Å². The van der Waals surface area contributed by atoms with Crippen molar-refractivity contribution in [1.82, 2.24) is 0 Å². The van der Waals surface area contributed by atoms with Crippen molar-refractivity contribution in [3.8, 4) is 5.75 Å². The van der Waals surface area contributed by atoms with Gasteiger partial charge in [-0.15, -0.1) is 0 Å². The normalized spacial score (nSPS) is 11.3. The molecule has 2 aromatic rings. The summed E-state index contributed by atoms with van der Waals surface area (Å²) in [6, 6.07) is 8.91. The molecule has 0 aromatic heterocycles. The van der Waals surface area contributed by atoms with E-state index in [2.05, 4.69) is 15.3 Å². The van der Waals surface area contributed by atoms with E-state index in [0.29, 0.717) is 0 Å². The Morgan fingerprint density at radius 2 is 1.85 bits per heavy atom. The molecule has 26 heavy (non-hydrogen) atoms. The van der Waals surface area contributed by atoms with E-state index in [1.807, 2.05) is 0 Å². The SMILES string of the molecule is C/C(=N\Nc1ccc([N+](=O)[O-])cc1[N+](=O)[O-])c1ccccc1OC(F)F. The lowest BCUT2D eigenvalue weighted by Crippen LogP contribution is -2.08. The maximum atomic E-state index is 12.5. The summed E-state index contributed by atoms with van der Waals surface area (Å²) >= 11 is 0. The van der Waals surface area contributed by atoms with Crippen LogP contribution >= 0.6 is 0 Å². The predicted molar refractivity (Wildman–Crippen MR) is 88.7 cm³/mol. The highest BCUT2D eigenvalue weighted by atomic mass is 19.3. The second-order valence-corrected chi connectivity index (χ2v) is 4.90. The van der Waals surface area contributed by atoms with Gasteiger partial charge in [0.15, 0.2) is 0 Å². The zero-order valence-corrected chi connectivity index (χ0v) is 13.3. The quantitative estimate of drug-likeness (QED) is 0.450. The summed E-state index contributed by atoms with van der Waals surface area (Å²) in [6.45, 7) is -1.54. The molecule has 2 rings (SSSR count). The van der Waals surface area contributed by atoms with Gasteiger partial charge in [0, 0.05) is 11.6 Å². The molecule has 9 nitrogen and oxygen atoms in total. The molecule has 0 aliphatic heterocycles. The first-order valence-electron chi connectivity index (χ1n) is 7.07. The van der Waals surface area contributed by atoms with Gasteiger partial charge in [0.05, 0.1) is 21.6 Å². The topological polar surface area (TPSA) is 120 Å². The summed E-state index contributed by atoms with van der Waals surface area (Å²) in [4.78, 5) is 20.2. The average molecular weight is 366 g/mol. The number of nitrogens with zero attached hydrogens (tertiary/aromatic N) is 3. The van der Waals surface area contributed by atoms with Crippen LogP contribution in [0.5, 0.6) is 5.75 Å². The Morgan fingerprint density at radius 3 is 2.46 bits per heavy atom. The number of nitro groups is 2. The van der Waals surface area contributed by atoms with Crippen LogP contribution in [0, 0.1) is 20.2 Å². The third-order valence-corrected chi connectivity index (χ3v) is 3.23. The van der Waals surface area contributed by atoms with E-state index in [1.54, 1.807) is 6.07 Å². The van der Waals surface area contributed by atoms with Crippen LogP contribution in [0.4, 0.5) is 25.8 Å². The van der Waals surface area contributed by atoms with E-state index in [9.17, 15) is 29.0 Å². The summed E-state index contributed by atoms with van der Waals surface area (Å²) in [5.74, 6) is -0.108. The molecule has 0 spiro atoms. The second-order valence-electron chi connectivity index (χ2n) is 4.90. The van der Waals surface area contributed by atoms with E-state index in [-0.39, 0.29) is 22.7 Å². The highest BCUT2D eigenvalue weighted by Crippen LogP contribution is 2.29. The first kappa shape index (κ1) is 18.7. The van der Waals surface area contributed by atoms with E-state index in [0.717, 1.165) is 18.2 Å². The van der Waals surface area contributed by atoms with Crippen LogP contribution in [-0.2, 0) is 0 Å². The number of non-ortho nitro benzene ring substituents is 1. The number of nitrogens with one attached hydrogen (secondary N) is 1. The third-order valence-electron chi connectivity index (χ3n) is 3.23. The molecule has 0 saturated heterocycles. The molecule has 0 bridgehead atoms. The van der Waals surface area contributed by atoms with Crippen LogP contribution in [0.3, 0.4) is 0 Å². The second kappa shape index (κ2) is 7.96. The van der Waals surface area contributed by atoms with Gasteiger partial charge in [-0.2, -0.15) is 13.9 Å². The number of hydrogen-bond acceptors (Lipinski definition) is 7. The molecule has 2 aromatic carbocycles. The highest BCUT2D eigenvalue weighted by molar-refractivity contribution is 6.01. The van der Waals surface area contributed by atoms with E-state index in [1.165, 1.54) is 25.1 Å². The van der Waals surface area contributed by atoms with Gasteiger partial charge < -0.3 is 4.74 Å². The van der Waals surface area contributed by atoms with Crippen LogP contribution in [0.25, 0.3) is 0 Å². The number of alkyl halides is 2. The fourth-order valence-corrected chi connectivity index (χ4v) is 2.05. The standard InChI is InChI=1S/C15H12F2N4O5/c1-9(11-4-2-3-5-14(11)26-15(16)17)18-19-12-7-6-10(20(22)23)8-13(12)21(24)25/h2-8,15,19H,1H3/b18-9+. The molecule has 0 saturated carbocycles. The van der Waals surface area contributed by atoms with Gasteiger partial charge in [-0.05, 0) is 25.1 Å². The van der Waals surface area contributed by atoms with Gasteiger partial charge in [0.25, 0.3) is 5.69 Å². The van der Waals surface area contributed by atoms with Crippen molar-refractivity contribution in [2.75, 3.05) is 5.43 Å². The Hall–Kier alpha value is -3.63. The van der Waals surface area contributed by atoms with Crippen molar-refractivity contribution in [3.05, 3.63) is 68.3 Å². The molecule has 0 aliphatic carbocycles. The highest BCUT2D eigenvalue weighted by Gasteiger charge is 2.19. The lowest BCUT2D eigenvalue weighted by molar-refractivity contribution is -0.393.